The molecule has 2 bridgehead atoms. The minimum Gasteiger partial charge on any atom is -0.393 e. The van der Waals surface area contributed by atoms with Gasteiger partial charge in [0, 0.05) is 17.3 Å². The maximum absolute atomic E-state index is 14.5. The summed E-state index contributed by atoms with van der Waals surface area (Å²) in [5, 5.41) is 21.6. The molecule has 2 unspecified atom stereocenters. The summed E-state index contributed by atoms with van der Waals surface area (Å²) in [5.74, 6) is -4.90. The number of carbonyl (C=O) groups is 1. The number of amides is 1. The number of hydrogen-bond donors (Lipinski definition) is 3. The van der Waals surface area contributed by atoms with Crippen molar-refractivity contribution in [3.05, 3.63) is 59.4 Å². The molecule has 2 aromatic carbocycles. The molecule has 0 aromatic heterocycles. The van der Waals surface area contributed by atoms with Crippen LogP contribution in [0.2, 0.25) is 0 Å². The molecular formula is C22H22F3NO5S. The summed E-state index contributed by atoms with van der Waals surface area (Å²) in [4.78, 5) is 11.9. The average Bonchev–Trinajstić information content (AvgIpc) is 2.92. The van der Waals surface area contributed by atoms with Crippen molar-refractivity contribution in [1.82, 2.24) is 0 Å². The van der Waals surface area contributed by atoms with Gasteiger partial charge in [-0.3, -0.25) is 4.79 Å². The summed E-state index contributed by atoms with van der Waals surface area (Å²) in [6.45, 7) is -0.455. The Bertz CT molecular complexity index is 1160. The molecule has 0 saturated heterocycles. The first-order valence-corrected chi connectivity index (χ1v) is 11.7. The fourth-order valence-corrected chi connectivity index (χ4v) is 6.90. The minimum absolute atomic E-state index is 0.0465. The van der Waals surface area contributed by atoms with Gasteiger partial charge in [-0.25, -0.2) is 21.6 Å². The first-order chi connectivity index (χ1) is 15.1. The summed E-state index contributed by atoms with van der Waals surface area (Å²) >= 11 is 0. The van der Waals surface area contributed by atoms with Crippen LogP contribution in [0.1, 0.15) is 36.0 Å². The molecule has 10 heteroatoms. The monoisotopic (exact) mass is 469 g/mol. The number of halogens is 3. The van der Waals surface area contributed by atoms with E-state index in [4.69, 9.17) is 0 Å². The van der Waals surface area contributed by atoms with E-state index in [0.717, 1.165) is 36.4 Å². The van der Waals surface area contributed by atoms with Crippen LogP contribution in [0.5, 0.6) is 0 Å². The van der Waals surface area contributed by atoms with Crippen molar-refractivity contribution < 1.29 is 36.6 Å². The first kappa shape index (κ1) is 22.8. The summed E-state index contributed by atoms with van der Waals surface area (Å²) in [7, 11) is -4.18. The van der Waals surface area contributed by atoms with Crippen LogP contribution in [0.4, 0.5) is 18.9 Å². The summed E-state index contributed by atoms with van der Waals surface area (Å²) in [5.41, 5.74) is -1.54. The smallest absolute Gasteiger partial charge is 0.255 e. The Morgan fingerprint density at radius 3 is 2.22 bits per heavy atom. The van der Waals surface area contributed by atoms with Crippen LogP contribution in [0.3, 0.4) is 0 Å². The molecule has 0 spiro atoms. The van der Waals surface area contributed by atoms with Crippen LogP contribution in [0.25, 0.3) is 0 Å². The first-order valence-electron chi connectivity index (χ1n) is 10.2. The van der Waals surface area contributed by atoms with Crippen LogP contribution < -0.4 is 5.32 Å². The SMILES string of the molecule is O=C(Nc1ccc(F)c(F)c1)c1ccc(F)c(S(=O)(=O)C2CC3CCC(C2)C3(O)CO)c1. The van der Waals surface area contributed by atoms with E-state index in [1.165, 1.54) is 0 Å². The second-order valence-electron chi connectivity index (χ2n) is 8.49. The second kappa shape index (κ2) is 8.17. The maximum atomic E-state index is 14.5. The molecule has 6 nitrogen and oxygen atoms in total. The van der Waals surface area contributed by atoms with Gasteiger partial charge in [-0.1, -0.05) is 0 Å². The summed E-state index contributed by atoms with van der Waals surface area (Å²) in [6, 6.07) is 5.63. The molecule has 3 N–H and O–H groups in total. The molecule has 4 rings (SSSR count). The molecule has 1 amide bonds. The Hall–Kier alpha value is -2.43. The highest BCUT2D eigenvalue weighted by Gasteiger charge is 2.55. The number of hydrogen-bond acceptors (Lipinski definition) is 5. The van der Waals surface area contributed by atoms with Crippen LogP contribution in [0.15, 0.2) is 41.3 Å². The standard InChI is InChI=1S/C22H22F3NO5S/c23-17-6-4-15(10-19(17)25)26-21(28)12-1-5-18(24)20(7-12)32(30,31)16-8-13-2-3-14(9-16)22(13,29)11-27/h1,4-7,10,13-14,16,27,29H,2-3,8-9,11H2,(H,26,28). The molecular weight excluding hydrogens is 447 g/mol. The Morgan fingerprint density at radius 2 is 1.62 bits per heavy atom. The lowest BCUT2D eigenvalue weighted by atomic mass is 9.75. The lowest BCUT2D eigenvalue weighted by Gasteiger charge is -2.41. The van der Waals surface area contributed by atoms with E-state index in [9.17, 15) is 36.6 Å². The van der Waals surface area contributed by atoms with E-state index >= 15 is 0 Å². The van der Waals surface area contributed by atoms with Crippen molar-refractivity contribution >= 4 is 21.4 Å². The van der Waals surface area contributed by atoms with Crippen molar-refractivity contribution in [1.29, 1.82) is 0 Å². The van der Waals surface area contributed by atoms with Gasteiger partial charge in [-0.05, 0) is 67.9 Å². The number of fused-ring (bicyclic) bond motifs is 2. The highest BCUT2D eigenvalue weighted by Crippen LogP contribution is 2.51. The van der Waals surface area contributed by atoms with Gasteiger partial charge in [-0.15, -0.1) is 0 Å². The fourth-order valence-electron chi connectivity index (χ4n) is 4.94. The molecule has 2 atom stereocenters. The number of benzene rings is 2. The number of rotatable bonds is 5. The highest BCUT2D eigenvalue weighted by atomic mass is 32.2. The lowest BCUT2D eigenvalue weighted by Crippen LogP contribution is -2.50. The van der Waals surface area contributed by atoms with Crippen molar-refractivity contribution in [2.45, 2.75) is 41.4 Å². The van der Waals surface area contributed by atoms with E-state index < -0.39 is 67.4 Å². The molecule has 0 heterocycles. The summed E-state index contributed by atoms with van der Waals surface area (Å²) in [6.07, 6.45) is 1.32. The third kappa shape index (κ3) is 3.80. The molecule has 0 aliphatic heterocycles. The Kier molecular flexibility index (Phi) is 5.81. The number of carbonyl (C=O) groups excluding carboxylic acids is 1. The van der Waals surface area contributed by atoms with Gasteiger partial charge in [0.05, 0.1) is 17.5 Å². The number of sulfone groups is 1. The zero-order chi connectivity index (χ0) is 23.3. The van der Waals surface area contributed by atoms with Crippen LogP contribution in [-0.4, -0.2) is 42.0 Å². The quantitative estimate of drug-likeness (QED) is 0.625. The van der Waals surface area contributed by atoms with Crippen molar-refractivity contribution in [2.75, 3.05) is 11.9 Å². The van der Waals surface area contributed by atoms with Gasteiger partial charge in [0.25, 0.3) is 5.91 Å². The van der Waals surface area contributed by atoms with Crippen LogP contribution in [-0.2, 0) is 9.84 Å². The Morgan fingerprint density at radius 1 is 1.00 bits per heavy atom. The Balaban J connectivity index is 1.59. The van der Waals surface area contributed by atoms with Crippen LogP contribution in [0, 0.1) is 29.3 Å². The number of nitrogens with one attached hydrogen (secondary N) is 1. The number of aliphatic hydroxyl groups excluding tert-OH is 1. The molecule has 2 fully saturated rings. The lowest BCUT2D eigenvalue weighted by molar-refractivity contribution is -0.0944. The minimum atomic E-state index is -4.18. The van der Waals surface area contributed by atoms with Gasteiger partial charge >= 0.3 is 0 Å². The molecule has 2 aliphatic rings. The third-order valence-corrected chi connectivity index (χ3v) is 8.93. The molecule has 2 aromatic rings. The van der Waals surface area contributed by atoms with Gasteiger partial charge in [-0.2, -0.15) is 0 Å². The largest absolute Gasteiger partial charge is 0.393 e. The molecule has 32 heavy (non-hydrogen) atoms. The van der Waals surface area contributed by atoms with Gasteiger partial charge in [0.15, 0.2) is 21.5 Å². The zero-order valence-electron chi connectivity index (χ0n) is 16.9. The molecule has 2 saturated carbocycles. The zero-order valence-corrected chi connectivity index (χ0v) is 17.7. The van der Waals surface area contributed by atoms with E-state index in [1.54, 1.807) is 0 Å². The predicted octanol–water partition coefficient (Wildman–Crippen LogP) is 3.04. The Labute approximate surface area is 183 Å². The topological polar surface area (TPSA) is 104 Å². The van der Waals surface area contributed by atoms with Crippen LogP contribution >= 0.6 is 0 Å². The number of aliphatic hydroxyl groups is 2. The van der Waals surface area contributed by atoms with Gasteiger partial charge in [0.2, 0.25) is 0 Å². The molecule has 2 aliphatic carbocycles. The third-order valence-electron chi connectivity index (χ3n) is 6.74. The van der Waals surface area contributed by atoms with E-state index in [2.05, 4.69) is 5.32 Å². The molecule has 0 radical (unpaired) electrons. The second-order valence-corrected chi connectivity index (χ2v) is 10.7. The average molecular weight is 469 g/mol. The van der Waals surface area contributed by atoms with Crippen molar-refractivity contribution in [3.63, 3.8) is 0 Å². The van der Waals surface area contributed by atoms with Crippen molar-refractivity contribution in [2.24, 2.45) is 11.8 Å². The van der Waals surface area contributed by atoms with Gasteiger partial charge < -0.3 is 15.5 Å². The maximum Gasteiger partial charge on any atom is 0.255 e. The van der Waals surface area contributed by atoms with Crippen molar-refractivity contribution in [3.8, 4) is 0 Å². The van der Waals surface area contributed by atoms with E-state index in [1.807, 2.05) is 0 Å². The predicted molar refractivity (Wildman–Crippen MR) is 109 cm³/mol. The normalized spacial score (nSPS) is 27.3. The highest BCUT2D eigenvalue weighted by molar-refractivity contribution is 7.92. The summed E-state index contributed by atoms with van der Waals surface area (Å²) < 4.78 is 67.5. The number of anilines is 1. The fraction of sp³-hybridized carbons (Fsp3) is 0.409. The van der Waals surface area contributed by atoms with E-state index in [-0.39, 0.29) is 24.1 Å². The van der Waals surface area contributed by atoms with E-state index in [0.29, 0.717) is 12.8 Å². The molecule has 172 valence electrons. The van der Waals surface area contributed by atoms with Gasteiger partial charge in [0.1, 0.15) is 10.7 Å².